The molecule has 0 spiro atoms. The zero-order valence-corrected chi connectivity index (χ0v) is 12.0. The maximum Gasteiger partial charge on any atom is 0.134 e. The van der Waals surface area contributed by atoms with Crippen LogP contribution in [0.15, 0.2) is 12.4 Å². The molecule has 1 aliphatic rings. The van der Waals surface area contributed by atoms with Crippen molar-refractivity contribution < 1.29 is 0 Å². The van der Waals surface area contributed by atoms with Gasteiger partial charge in [-0.2, -0.15) is 0 Å². The number of hydrogen-bond acceptors (Lipinski definition) is 5. The predicted molar refractivity (Wildman–Crippen MR) is 79.7 cm³/mol. The molecule has 0 radical (unpaired) electrons. The van der Waals surface area contributed by atoms with E-state index in [0.717, 1.165) is 31.3 Å². The summed E-state index contributed by atoms with van der Waals surface area (Å²) >= 11 is 0. The van der Waals surface area contributed by atoms with Crippen LogP contribution >= 0.6 is 0 Å². The molecule has 2 heterocycles. The number of nitrogens with zero attached hydrogens (tertiary/aromatic N) is 3. The van der Waals surface area contributed by atoms with Crippen molar-refractivity contribution in [3.8, 4) is 0 Å². The Morgan fingerprint density at radius 2 is 2.26 bits per heavy atom. The van der Waals surface area contributed by atoms with Gasteiger partial charge in [0.05, 0.1) is 0 Å². The van der Waals surface area contributed by atoms with Crippen molar-refractivity contribution in [2.24, 2.45) is 0 Å². The Hall–Kier alpha value is -1.36. The topological polar surface area (TPSA) is 53.1 Å². The van der Waals surface area contributed by atoms with E-state index in [9.17, 15) is 0 Å². The first-order valence-corrected chi connectivity index (χ1v) is 7.32. The van der Waals surface area contributed by atoms with E-state index in [-0.39, 0.29) is 0 Å². The molecule has 5 heteroatoms. The second kappa shape index (κ2) is 7.28. The lowest BCUT2D eigenvalue weighted by atomic mass is 9.99. The van der Waals surface area contributed by atoms with E-state index in [0.29, 0.717) is 6.04 Å². The molecular formula is C14H25N5. The third-order valence-electron chi connectivity index (χ3n) is 3.66. The molecule has 106 valence electrons. The fourth-order valence-electron chi connectivity index (χ4n) is 2.70. The second-order valence-corrected chi connectivity index (χ2v) is 5.03. The Morgan fingerprint density at radius 1 is 1.37 bits per heavy atom. The van der Waals surface area contributed by atoms with Crippen LogP contribution in [0.1, 0.15) is 32.6 Å². The van der Waals surface area contributed by atoms with Crippen LogP contribution in [0.4, 0.5) is 11.6 Å². The van der Waals surface area contributed by atoms with Gasteiger partial charge in [0.1, 0.15) is 18.0 Å². The molecular weight excluding hydrogens is 238 g/mol. The molecule has 1 unspecified atom stereocenters. The fourth-order valence-corrected chi connectivity index (χ4v) is 2.70. The van der Waals surface area contributed by atoms with E-state index >= 15 is 0 Å². The van der Waals surface area contributed by atoms with Gasteiger partial charge in [-0.1, -0.05) is 0 Å². The first-order chi connectivity index (χ1) is 9.35. The zero-order chi connectivity index (χ0) is 13.5. The number of aromatic nitrogens is 2. The van der Waals surface area contributed by atoms with Crippen LogP contribution in [0.3, 0.4) is 0 Å². The largest absolute Gasteiger partial charge is 0.370 e. The third kappa shape index (κ3) is 3.80. The number of nitrogens with one attached hydrogen (secondary N) is 2. The predicted octanol–water partition coefficient (Wildman–Crippen LogP) is 1.88. The Morgan fingerprint density at radius 3 is 3.05 bits per heavy atom. The van der Waals surface area contributed by atoms with Crippen LogP contribution in [-0.4, -0.2) is 42.7 Å². The van der Waals surface area contributed by atoms with Gasteiger partial charge in [0.2, 0.25) is 0 Å². The molecule has 1 aromatic rings. The first kappa shape index (κ1) is 14.1. The number of rotatable bonds is 6. The lowest BCUT2D eigenvalue weighted by Gasteiger charge is -2.36. The van der Waals surface area contributed by atoms with Crippen LogP contribution in [0.5, 0.6) is 0 Å². The molecule has 0 amide bonds. The standard InChI is InChI=1S/C14H25N5/c1-3-16-13-10-14(18-11-17-13)19-9-5-4-6-12(19)7-8-15-2/h10-12,15H,3-9H2,1-2H3,(H,16,17,18). The molecule has 1 aliphatic heterocycles. The maximum absolute atomic E-state index is 4.46. The van der Waals surface area contributed by atoms with Crippen molar-refractivity contribution in [2.75, 3.05) is 36.9 Å². The van der Waals surface area contributed by atoms with Gasteiger partial charge in [0.15, 0.2) is 0 Å². The highest BCUT2D eigenvalue weighted by molar-refractivity contribution is 5.49. The van der Waals surface area contributed by atoms with Crippen LogP contribution in [0.2, 0.25) is 0 Å². The summed E-state index contributed by atoms with van der Waals surface area (Å²) in [6, 6.07) is 2.67. The minimum absolute atomic E-state index is 0.602. The van der Waals surface area contributed by atoms with Crippen LogP contribution in [-0.2, 0) is 0 Å². The van der Waals surface area contributed by atoms with Crippen molar-refractivity contribution >= 4 is 11.6 Å². The molecule has 1 saturated heterocycles. The number of piperidine rings is 1. The molecule has 2 rings (SSSR count). The molecule has 0 bridgehead atoms. The highest BCUT2D eigenvalue weighted by atomic mass is 15.2. The molecule has 1 aromatic heterocycles. The van der Waals surface area contributed by atoms with E-state index in [1.165, 1.54) is 25.7 Å². The second-order valence-electron chi connectivity index (χ2n) is 5.03. The average Bonchev–Trinajstić information content (AvgIpc) is 2.46. The Bertz CT molecular complexity index is 382. The summed E-state index contributed by atoms with van der Waals surface area (Å²) < 4.78 is 0. The van der Waals surface area contributed by atoms with Gasteiger partial charge in [-0.25, -0.2) is 9.97 Å². The van der Waals surface area contributed by atoms with Crippen LogP contribution in [0, 0.1) is 0 Å². The summed E-state index contributed by atoms with van der Waals surface area (Å²) in [4.78, 5) is 11.2. The van der Waals surface area contributed by atoms with Crippen molar-refractivity contribution in [3.05, 3.63) is 12.4 Å². The average molecular weight is 263 g/mol. The summed E-state index contributed by atoms with van der Waals surface area (Å²) in [5.41, 5.74) is 0. The molecule has 2 N–H and O–H groups in total. The lowest BCUT2D eigenvalue weighted by Crippen LogP contribution is -2.41. The van der Waals surface area contributed by atoms with Gasteiger partial charge < -0.3 is 15.5 Å². The SMILES string of the molecule is CCNc1cc(N2CCCCC2CCNC)ncn1. The monoisotopic (exact) mass is 263 g/mol. The van der Waals surface area contributed by atoms with Crippen molar-refractivity contribution in [1.82, 2.24) is 15.3 Å². The van der Waals surface area contributed by atoms with Crippen LogP contribution < -0.4 is 15.5 Å². The molecule has 1 atom stereocenters. The minimum Gasteiger partial charge on any atom is -0.370 e. The van der Waals surface area contributed by atoms with E-state index in [1.807, 2.05) is 7.05 Å². The van der Waals surface area contributed by atoms with E-state index < -0.39 is 0 Å². The summed E-state index contributed by atoms with van der Waals surface area (Å²) in [6.07, 6.45) is 6.70. The summed E-state index contributed by atoms with van der Waals surface area (Å²) in [5, 5.41) is 6.50. The number of anilines is 2. The van der Waals surface area contributed by atoms with E-state index in [4.69, 9.17) is 0 Å². The van der Waals surface area contributed by atoms with E-state index in [2.05, 4.69) is 38.5 Å². The maximum atomic E-state index is 4.46. The highest BCUT2D eigenvalue weighted by Gasteiger charge is 2.23. The molecule has 0 saturated carbocycles. The third-order valence-corrected chi connectivity index (χ3v) is 3.66. The minimum atomic E-state index is 0.602. The molecule has 5 nitrogen and oxygen atoms in total. The van der Waals surface area contributed by atoms with Crippen molar-refractivity contribution in [3.63, 3.8) is 0 Å². The number of hydrogen-bond donors (Lipinski definition) is 2. The van der Waals surface area contributed by atoms with E-state index in [1.54, 1.807) is 6.33 Å². The van der Waals surface area contributed by atoms with Gasteiger partial charge in [-0.3, -0.25) is 0 Å². The Balaban J connectivity index is 2.09. The molecule has 0 aromatic carbocycles. The zero-order valence-electron chi connectivity index (χ0n) is 12.0. The van der Waals surface area contributed by atoms with Crippen molar-refractivity contribution in [2.45, 2.75) is 38.6 Å². The summed E-state index contributed by atoms with van der Waals surface area (Å²) in [5.74, 6) is 1.98. The Kier molecular flexibility index (Phi) is 5.39. The van der Waals surface area contributed by atoms with Gasteiger partial charge >= 0.3 is 0 Å². The van der Waals surface area contributed by atoms with Crippen LogP contribution in [0.25, 0.3) is 0 Å². The fraction of sp³-hybridized carbons (Fsp3) is 0.714. The smallest absolute Gasteiger partial charge is 0.134 e. The summed E-state index contributed by atoms with van der Waals surface area (Å²) in [7, 11) is 2.02. The van der Waals surface area contributed by atoms with Crippen molar-refractivity contribution in [1.29, 1.82) is 0 Å². The Labute approximate surface area is 115 Å². The quantitative estimate of drug-likeness (QED) is 0.820. The highest BCUT2D eigenvalue weighted by Crippen LogP contribution is 2.25. The lowest BCUT2D eigenvalue weighted by molar-refractivity contribution is 0.430. The molecule has 1 fully saturated rings. The van der Waals surface area contributed by atoms with Gasteiger partial charge in [0.25, 0.3) is 0 Å². The van der Waals surface area contributed by atoms with Gasteiger partial charge in [0, 0.05) is 25.2 Å². The first-order valence-electron chi connectivity index (χ1n) is 7.32. The molecule has 19 heavy (non-hydrogen) atoms. The summed E-state index contributed by atoms with van der Waals surface area (Å²) in [6.45, 7) is 5.14. The molecule has 0 aliphatic carbocycles. The normalized spacial score (nSPS) is 19.5. The van der Waals surface area contributed by atoms with Gasteiger partial charge in [-0.05, 0) is 46.2 Å². The van der Waals surface area contributed by atoms with Gasteiger partial charge in [-0.15, -0.1) is 0 Å².